The van der Waals surface area contributed by atoms with E-state index in [4.69, 9.17) is 0 Å². The van der Waals surface area contributed by atoms with E-state index in [1.54, 1.807) is 11.1 Å². The Bertz CT molecular complexity index is 362. The lowest BCUT2D eigenvalue weighted by Crippen LogP contribution is -2.32. The largest absolute Gasteiger partial charge is 0.390 e. The summed E-state index contributed by atoms with van der Waals surface area (Å²) in [5.41, 5.74) is 3.25. The molecule has 0 amide bonds. The molecule has 2 fully saturated rings. The highest BCUT2D eigenvalue weighted by Gasteiger charge is 2.65. The predicted molar refractivity (Wildman–Crippen MR) is 66.0 cm³/mol. The maximum Gasteiger partial charge on any atom is 0.0690 e. The van der Waals surface area contributed by atoms with Crippen LogP contribution in [0.3, 0.4) is 0 Å². The van der Waals surface area contributed by atoms with Crippen molar-refractivity contribution in [3.63, 3.8) is 0 Å². The van der Waals surface area contributed by atoms with Gasteiger partial charge in [0.1, 0.15) is 0 Å². The van der Waals surface area contributed by atoms with Gasteiger partial charge in [-0.1, -0.05) is 25.0 Å². The zero-order chi connectivity index (χ0) is 11.7. The van der Waals surface area contributed by atoms with Gasteiger partial charge in [-0.2, -0.15) is 0 Å². The Balaban J connectivity index is 2.04. The van der Waals surface area contributed by atoms with Crippen molar-refractivity contribution in [2.75, 3.05) is 0 Å². The van der Waals surface area contributed by atoms with Crippen molar-refractivity contribution < 1.29 is 5.11 Å². The van der Waals surface area contributed by atoms with Gasteiger partial charge in [0.25, 0.3) is 0 Å². The molecule has 0 heterocycles. The molecule has 1 nitrogen and oxygen atoms in total. The Kier molecular flexibility index (Phi) is 1.98. The summed E-state index contributed by atoms with van der Waals surface area (Å²) in [7, 11) is 0. The van der Waals surface area contributed by atoms with Crippen molar-refractivity contribution in [2.24, 2.45) is 23.2 Å². The molecule has 0 aromatic carbocycles. The quantitative estimate of drug-likeness (QED) is 0.619. The smallest absolute Gasteiger partial charge is 0.0690 e. The first-order valence-electron chi connectivity index (χ1n) is 6.76. The van der Waals surface area contributed by atoms with E-state index >= 15 is 0 Å². The summed E-state index contributed by atoms with van der Waals surface area (Å²) in [6.07, 6.45) is 4.73. The molecule has 0 bridgehead atoms. The molecule has 1 N–H and O–H groups in total. The highest BCUT2D eigenvalue weighted by molar-refractivity contribution is 5.32. The second-order valence-electron chi connectivity index (χ2n) is 7.13. The van der Waals surface area contributed by atoms with Crippen LogP contribution in [0.5, 0.6) is 0 Å². The molecule has 0 spiro atoms. The molecular formula is C15H24O. The summed E-state index contributed by atoms with van der Waals surface area (Å²) >= 11 is 0. The maximum atomic E-state index is 10.6. The van der Waals surface area contributed by atoms with E-state index in [1.807, 2.05) is 0 Å². The summed E-state index contributed by atoms with van der Waals surface area (Å²) in [5, 5.41) is 10.6. The van der Waals surface area contributed by atoms with Crippen LogP contribution in [-0.4, -0.2) is 10.7 Å². The van der Waals surface area contributed by atoms with E-state index in [-0.39, 0.29) is 0 Å². The SMILES string of the molecule is CC1=C2CCC(C)(O)C2C2C(CC1)C2(C)C. The first kappa shape index (κ1) is 10.8. The van der Waals surface area contributed by atoms with Crippen molar-refractivity contribution in [2.45, 2.75) is 59.0 Å². The lowest BCUT2D eigenvalue weighted by Gasteiger charge is -2.28. The Morgan fingerprint density at radius 2 is 1.88 bits per heavy atom. The molecule has 0 aromatic rings. The minimum atomic E-state index is -0.433. The number of fused-ring (bicyclic) bond motifs is 3. The highest BCUT2D eigenvalue weighted by Crippen LogP contribution is 2.70. The molecule has 0 aromatic heterocycles. The highest BCUT2D eigenvalue weighted by atomic mass is 16.3. The Labute approximate surface area is 98.9 Å². The fourth-order valence-corrected chi connectivity index (χ4v) is 4.69. The molecule has 3 aliphatic carbocycles. The van der Waals surface area contributed by atoms with Crippen LogP contribution < -0.4 is 0 Å². The van der Waals surface area contributed by atoms with Gasteiger partial charge in [-0.25, -0.2) is 0 Å². The summed E-state index contributed by atoms with van der Waals surface area (Å²) in [5.74, 6) is 2.07. The van der Waals surface area contributed by atoms with E-state index in [2.05, 4.69) is 27.7 Å². The van der Waals surface area contributed by atoms with E-state index < -0.39 is 5.60 Å². The fourth-order valence-electron chi connectivity index (χ4n) is 4.69. The number of hydrogen-bond acceptors (Lipinski definition) is 1. The van der Waals surface area contributed by atoms with Gasteiger partial charge in [0.15, 0.2) is 0 Å². The van der Waals surface area contributed by atoms with E-state index in [0.29, 0.717) is 11.3 Å². The summed E-state index contributed by atoms with van der Waals surface area (Å²) in [6, 6.07) is 0. The van der Waals surface area contributed by atoms with Gasteiger partial charge in [0.05, 0.1) is 5.60 Å². The Morgan fingerprint density at radius 3 is 2.56 bits per heavy atom. The second kappa shape index (κ2) is 2.93. The van der Waals surface area contributed by atoms with Crippen LogP contribution in [0.25, 0.3) is 0 Å². The summed E-state index contributed by atoms with van der Waals surface area (Å²) in [4.78, 5) is 0. The third-order valence-electron chi connectivity index (χ3n) is 5.82. The Morgan fingerprint density at radius 1 is 1.19 bits per heavy atom. The minimum Gasteiger partial charge on any atom is -0.390 e. The van der Waals surface area contributed by atoms with Crippen LogP contribution in [-0.2, 0) is 0 Å². The second-order valence-corrected chi connectivity index (χ2v) is 7.13. The van der Waals surface area contributed by atoms with Crippen LogP contribution >= 0.6 is 0 Å². The zero-order valence-electron chi connectivity index (χ0n) is 11.0. The summed E-state index contributed by atoms with van der Waals surface area (Å²) < 4.78 is 0. The van der Waals surface area contributed by atoms with Crippen LogP contribution in [0, 0.1) is 23.2 Å². The van der Waals surface area contributed by atoms with Crippen molar-refractivity contribution in [1.29, 1.82) is 0 Å². The average Bonchev–Trinajstić information content (AvgIpc) is 2.61. The van der Waals surface area contributed by atoms with Gasteiger partial charge < -0.3 is 5.11 Å². The average molecular weight is 220 g/mol. The maximum absolute atomic E-state index is 10.6. The topological polar surface area (TPSA) is 20.2 Å². The minimum absolute atomic E-state index is 0.433. The van der Waals surface area contributed by atoms with Gasteiger partial charge in [0.2, 0.25) is 0 Å². The lowest BCUT2D eigenvalue weighted by atomic mass is 9.82. The van der Waals surface area contributed by atoms with Gasteiger partial charge in [-0.05, 0) is 56.8 Å². The zero-order valence-corrected chi connectivity index (χ0v) is 11.0. The van der Waals surface area contributed by atoms with Gasteiger partial charge in [-0.15, -0.1) is 0 Å². The molecule has 90 valence electrons. The molecule has 2 saturated carbocycles. The lowest BCUT2D eigenvalue weighted by molar-refractivity contribution is 0.0153. The number of allylic oxidation sites excluding steroid dienone is 1. The fraction of sp³-hybridized carbons (Fsp3) is 0.867. The molecule has 3 aliphatic rings. The van der Waals surface area contributed by atoms with Crippen LogP contribution in [0.1, 0.15) is 53.4 Å². The van der Waals surface area contributed by atoms with Gasteiger partial charge in [-0.3, -0.25) is 0 Å². The van der Waals surface area contributed by atoms with Crippen LogP contribution in [0.4, 0.5) is 0 Å². The van der Waals surface area contributed by atoms with Crippen molar-refractivity contribution in [1.82, 2.24) is 0 Å². The third-order valence-corrected chi connectivity index (χ3v) is 5.82. The first-order valence-corrected chi connectivity index (χ1v) is 6.76. The monoisotopic (exact) mass is 220 g/mol. The molecule has 0 radical (unpaired) electrons. The van der Waals surface area contributed by atoms with Crippen LogP contribution in [0.15, 0.2) is 11.1 Å². The molecular weight excluding hydrogens is 196 g/mol. The standard InChI is InChI=1S/C15H24O/c1-9-5-6-11-13(14(11,2)3)12-10(9)7-8-15(12,4)16/h11-13,16H,5-8H2,1-4H3. The third kappa shape index (κ3) is 1.21. The van der Waals surface area contributed by atoms with E-state index in [9.17, 15) is 5.11 Å². The van der Waals surface area contributed by atoms with Gasteiger partial charge in [0, 0.05) is 5.92 Å². The predicted octanol–water partition coefficient (Wildman–Crippen LogP) is 3.53. The van der Waals surface area contributed by atoms with Crippen molar-refractivity contribution in [3.05, 3.63) is 11.1 Å². The van der Waals surface area contributed by atoms with E-state index in [0.717, 1.165) is 24.7 Å². The van der Waals surface area contributed by atoms with Gasteiger partial charge >= 0.3 is 0 Å². The molecule has 16 heavy (non-hydrogen) atoms. The molecule has 1 heteroatoms. The molecule has 4 unspecified atom stereocenters. The number of hydrogen-bond donors (Lipinski definition) is 1. The van der Waals surface area contributed by atoms with Crippen LogP contribution in [0.2, 0.25) is 0 Å². The van der Waals surface area contributed by atoms with Crippen molar-refractivity contribution >= 4 is 0 Å². The normalized spacial score (nSPS) is 49.7. The molecule has 0 saturated heterocycles. The molecule has 3 rings (SSSR count). The van der Waals surface area contributed by atoms with E-state index in [1.165, 1.54) is 12.8 Å². The summed E-state index contributed by atoms with van der Waals surface area (Å²) in [6.45, 7) is 9.15. The molecule has 4 atom stereocenters. The first-order chi connectivity index (χ1) is 7.36. The Hall–Kier alpha value is -0.300. The molecule has 0 aliphatic heterocycles. The van der Waals surface area contributed by atoms with Crippen molar-refractivity contribution in [3.8, 4) is 0 Å². The number of aliphatic hydroxyl groups is 1. The number of rotatable bonds is 0.